The van der Waals surface area contributed by atoms with Crippen molar-refractivity contribution in [1.29, 1.82) is 0 Å². The Hall–Kier alpha value is -2.36. The Kier molecular flexibility index (Phi) is 3.80. The van der Waals surface area contributed by atoms with Crippen molar-refractivity contribution in [2.45, 2.75) is 6.42 Å². The summed E-state index contributed by atoms with van der Waals surface area (Å²) in [5.41, 5.74) is 1.70. The fourth-order valence-corrected chi connectivity index (χ4v) is 1.92. The number of hydrogen-bond acceptors (Lipinski definition) is 2. The summed E-state index contributed by atoms with van der Waals surface area (Å²) in [6.45, 7) is 0. The van der Waals surface area contributed by atoms with Gasteiger partial charge in [0.25, 0.3) is 0 Å². The zero-order chi connectivity index (χ0) is 13.8. The number of aromatic carboxylic acids is 1. The van der Waals surface area contributed by atoms with Crippen molar-refractivity contribution >= 4 is 5.97 Å². The molecule has 4 heteroatoms. The molecular formula is C15H13FO3. The molecule has 3 nitrogen and oxygen atoms in total. The van der Waals surface area contributed by atoms with Gasteiger partial charge in [-0.25, -0.2) is 9.18 Å². The lowest BCUT2D eigenvalue weighted by atomic mass is 10.0. The van der Waals surface area contributed by atoms with Crippen molar-refractivity contribution in [3.05, 3.63) is 65.0 Å². The Labute approximate surface area is 110 Å². The maximum Gasteiger partial charge on any atom is 0.335 e. The summed E-state index contributed by atoms with van der Waals surface area (Å²) in [7, 11) is 1.52. The third-order valence-corrected chi connectivity index (χ3v) is 2.81. The molecule has 0 saturated heterocycles. The van der Waals surface area contributed by atoms with Crippen LogP contribution >= 0.6 is 0 Å². The van der Waals surface area contributed by atoms with Gasteiger partial charge in [0.15, 0.2) is 0 Å². The van der Waals surface area contributed by atoms with Crippen LogP contribution in [-0.2, 0) is 6.42 Å². The minimum absolute atomic E-state index is 0.216. The second kappa shape index (κ2) is 5.52. The summed E-state index contributed by atoms with van der Waals surface area (Å²) in [4.78, 5) is 10.9. The Morgan fingerprint density at radius 1 is 1.26 bits per heavy atom. The van der Waals surface area contributed by atoms with E-state index in [4.69, 9.17) is 9.84 Å². The van der Waals surface area contributed by atoms with Crippen molar-refractivity contribution in [3.63, 3.8) is 0 Å². The Balaban J connectivity index is 2.33. The third kappa shape index (κ3) is 3.10. The normalized spacial score (nSPS) is 10.2. The molecule has 0 amide bonds. The standard InChI is InChI=1S/C15H13FO3/c1-19-14-6-5-13(16)9-12(14)8-10-3-2-4-11(7-10)15(17)18/h2-7,9H,8H2,1H3,(H,17,18). The molecule has 0 spiro atoms. The number of carbonyl (C=O) groups is 1. The van der Waals surface area contributed by atoms with Crippen LogP contribution in [-0.4, -0.2) is 18.2 Å². The zero-order valence-corrected chi connectivity index (χ0v) is 10.4. The largest absolute Gasteiger partial charge is 0.496 e. The van der Waals surface area contributed by atoms with E-state index in [9.17, 15) is 9.18 Å². The van der Waals surface area contributed by atoms with Crippen LogP contribution in [0.25, 0.3) is 0 Å². The average Bonchev–Trinajstić information content (AvgIpc) is 2.39. The van der Waals surface area contributed by atoms with E-state index in [2.05, 4.69) is 0 Å². The highest BCUT2D eigenvalue weighted by Crippen LogP contribution is 2.22. The van der Waals surface area contributed by atoms with E-state index in [1.54, 1.807) is 24.3 Å². The van der Waals surface area contributed by atoms with Crippen LogP contribution in [0, 0.1) is 5.82 Å². The van der Waals surface area contributed by atoms with Gasteiger partial charge in [0.1, 0.15) is 11.6 Å². The van der Waals surface area contributed by atoms with Crippen LogP contribution in [0.3, 0.4) is 0 Å². The van der Waals surface area contributed by atoms with Crippen LogP contribution in [0.5, 0.6) is 5.75 Å². The summed E-state index contributed by atoms with van der Waals surface area (Å²) in [6.07, 6.45) is 0.419. The predicted octanol–water partition coefficient (Wildman–Crippen LogP) is 3.12. The molecular weight excluding hydrogens is 247 g/mol. The third-order valence-electron chi connectivity index (χ3n) is 2.81. The zero-order valence-electron chi connectivity index (χ0n) is 10.4. The van der Waals surface area contributed by atoms with Crippen molar-refractivity contribution in [2.24, 2.45) is 0 Å². The molecule has 0 aliphatic heterocycles. The van der Waals surface area contributed by atoms with E-state index in [0.29, 0.717) is 17.7 Å². The fraction of sp³-hybridized carbons (Fsp3) is 0.133. The molecule has 98 valence electrons. The predicted molar refractivity (Wildman–Crippen MR) is 69.2 cm³/mol. The maximum absolute atomic E-state index is 13.2. The highest BCUT2D eigenvalue weighted by molar-refractivity contribution is 5.87. The molecule has 0 saturated carbocycles. The lowest BCUT2D eigenvalue weighted by Crippen LogP contribution is -1.99. The number of halogens is 1. The minimum Gasteiger partial charge on any atom is -0.496 e. The number of carboxylic acids is 1. The van der Waals surface area contributed by atoms with E-state index >= 15 is 0 Å². The Bertz CT molecular complexity index is 608. The molecule has 0 bridgehead atoms. The molecule has 2 rings (SSSR count). The van der Waals surface area contributed by atoms with E-state index in [-0.39, 0.29) is 11.4 Å². The van der Waals surface area contributed by atoms with Gasteiger partial charge in [0.2, 0.25) is 0 Å². The van der Waals surface area contributed by atoms with E-state index < -0.39 is 5.97 Å². The molecule has 2 aromatic carbocycles. The van der Waals surface area contributed by atoms with Crippen LogP contribution in [0.4, 0.5) is 4.39 Å². The van der Waals surface area contributed by atoms with Crippen LogP contribution < -0.4 is 4.74 Å². The molecule has 0 atom stereocenters. The Morgan fingerprint density at radius 3 is 2.74 bits per heavy atom. The van der Waals surface area contributed by atoms with Crippen molar-refractivity contribution in [3.8, 4) is 5.75 Å². The molecule has 0 aliphatic rings. The molecule has 0 aromatic heterocycles. The summed E-state index contributed by atoms with van der Waals surface area (Å²) >= 11 is 0. The van der Waals surface area contributed by atoms with Crippen LogP contribution in [0.15, 0.2) is 42.5 Å². The SMILES string of the molecule is COc1ccc(F)cc1Cc1cccc(C(=O)O)c1. The second-order valence-electron chi connectivity index (χ2n) is 4.14. The smallest absolute Gasteiger partial charge is 0.335 e. The van der Waals surface area contributed by atoms with Gasteiger partial charge in [-0.1, -0.05) is 12.1 Å². The number of ether oxygens (including phenoxy) is 1. The van der Waals surface area contributed by atoms with Gasteiger partial charge in [0.05, 0.1) is 12.7 Å². The first kappa shape index (κ1) is 13.1. The number of carboxylic acid groups (broad SMARTS) is 1. The minimum atomic E-state index is -0.979. The monoisotopic (exact) mass is 260 g/mol. The van der Waals surface area contributed by atoms with Gasteiger partial charge in [-0.3, -0.25) is 0 Å². The van der Waals surface area contributed by atoms with Gasteiger partial charge < -0.3 is 9.84 Å². The molecule has 0 radical (unpaired) electrons. The summed E-state index contributed by atoms with van der Waals surface area (Å²) in [6, 6.07) is 10.9. The van der Waals surface area contributed by atoms with Gasteiger partial charge in [0, 0.05) is 12.0 Å². The van der Waals surface area contributed by atoms with Gasteiger partial charge >= 0.3 is 5.97 Å². The number of hydrogen-bond donors (Lipinski definition) is 1. The first-order valence-corrected chi connectivity index (χ1v) is 5.75. The van der Waals surface area contributed by atoms with Crippen LogP contribution in [0.1, 0.15) is 21.5 Å². The summed E-state index contributed by atoms with van der Waals surface area (Å²) < 4.78 is 18.4. The van der Waals surface area contributed by atoms with E-state index in [1.165, 1.54) is 25.3 Å². The Morgan fingerprint density at radius 2 is 2.05 bits per heavy atom. The van der Waals surface area contributed by atoms with Crippen molar-refractivity contribution < 1.29 is 19.0 Å². The molecule has 19 heavy (non-hydrogen) atoms. The fourth-order valence-electron chi connectivity index (χ4n) is 1.92. The lowest BCUT2D eigenvalue weighted by molar-refractivity contribution is 0.0697. The number of rotatable bonds is 4. The average molecular weight is 260 g/mol. The van der Waals surface area contributed by atoms with Gasteiger partial charge in [-0.05, 0) is 35.9 Å². The quantitative estimate of drug-likeness (QED) is 0.918. The first-order valence-electron chi connectivity index (χ1n) is 5.75. The molecule has 2 aromatic rings. The van der Waals surface area contributed by atoms with Crippen LogP contribution in [0.2, 0.25) is 0 Å². The van der Waals surface area contributed by atoms with E-state index in [1.807, 2.05) is 0 Å². The highest BCUT2D eigenvalue weighted by atomic mass is 19.1. The maximum atomic E-state index is 13.2. The number of benzene rings is 2. The molecule has 0 aliphatic carbocycles. The van der Waals surface area contributed by atoms with Crippen molar-refractivity contribution in [2.75, 3.05) is 7.11 Å². The molecule has 0 fully saturated rings. The lowest BCUT2D eigenvalue weighted by Gasteiger charge is -2.09. The molecule has 0 unspecified atom stereocenters. The van der Waals surface area contributed by atoms with E-state index in [0.717, 1.165) is 5.56 Å². The number of methoxy groups -OCH3 is 1. The summed E-state index contributed by atoms with van der Waals surface area (Å²) in [5.74, 6) is -0.736. The highest BCUT2D eigenvalue weighted by Gasteiger charge is 2.08. The second-order valence-corrected chi connectivity index (χ2v) is 4.14. The first-order chi connectivity index (χ1) is 9.10. The van der Waals surface area contributed by atoms with Gasteiger partial charge in [-0.2, -0.15) is 0 Å². The molecule has 0 heterocycles. The van der Waals surface area contributed by atoms with Crippen molar-refractivity contribution in [1.82, 2.24) is 0 Å². The summed E-state index contributed by atoms with van der Waals surface area (Å²) in [5, 5.41) is 8.94. The topological polar surface area (TPSA) is 46.5 Å². The van der Waals surface area contributed by atoms with Gasteiger partial charge in [-0.15, -0.1) is 0 Å². The molecule has 1 N–H and O–H groups in total.